The van der Waals surface area contributed by atoms with Gasteiger partial charge >= 0.3 is 0 Å². The van der Waals surface area contributed by atoms with Crippen molar-refractivity contribution >= 4 is 33.0 Å². The minimum Gasteiger partial charge on any atom is -0.322 e. The first-order valence-corrected chi connectivity index (χ1v) is 9.76. The molecular weight excluding hydrogens is 340 g/mol. The van der Waals surface area contributed by atoms with Gasteiger partial charge in [-0.25, -0.2) is 8.42 Å². The van der Waals surface area contributed by atoms with Crippen LogP contribution in [0, 0.1) is 0 Å². The van der Waals surface area contributed by atoms with Crippen molar-refractivity contribution in [3.8, 4) is 0 Å². The van der Waals surface area contributed by atoms with Crippen molar-refractivity contribution in [2.24, 2.45) is 0 Å². The largest absolute Gasteiger partial charge is 0.322 e. The van der Waals surface area contributed by atoms with Gasteiger partial charge in [0.05, 0.1) is 4.90 Å². The van der Waals surface area contributed by atoms with Gasteiger partial charge in [-0.1, -0.05) is 0 Å². The second kappa shape index (κ2) is 6.68. The average Bonchev–Trinajstić information content (AvgIpc) is 3.01. The molecule has 0 spiro atoms. The monoisotopic (exact) mass is 358 g/mol. The van der Waals surface area contributed by atoms with Gasteiger partial charge in [0, 0.05) is 36.2 Å². The third-order valence-corrected chi connectivity index (χ3v) is 5.18. The van der Waals surface area contributed by atoms with E-state index in [9.17, 15) is 18.0 Å². The molecule has 0 aliphatic carbocycles. The Morgan fingerprint density at radius 3 is 2.20 bits per heavy atom. The van der Waals surface area contributed by atoms with Crippen LogP contribution in [-0.2, 0) is 14.6 Å². The van der Waals surface area contributed by atoms with Crippen LogP contribution in [-0.4, -0.2) is 33.0 Å². The smallest absolute Gasteiger partial charge is 0.255 e. The van der Waals surface area contributed by atoms with E-state index < -0.39 is 9.84 Å². The third kappa shape index (κ3) is 3.88. The molecule has 2 aromatic rings. The summed E-state index contributed by atoms with van der Waals surface area (Å²) in [5.74, 6) is -0.215. The summed E-state index contributed by atoms with van der Waals surface area (Å²) in [6.45, 7) is 0.719. The predicted molar refractivity (Wildman–Crippen MR) is 95.5 cm³/mol. The summed E-state index contributed by atoms with van der Waals surface area (Å²) in [6, 6.07) is 12.8. The number of hydrogen-bond acceptors (Lipinski definition) is 4. The summed E-state index contributed by atoms with van der Waals surface area (Å²) in [5.41, 5.74) is 1.79. The number of benzene rings is 2. The van der Waals surface area contributed by atoms with Crippen molar-refractivity contribution in [2.75, 3.05) is 23.0 Å². The Bertz CT molecular complexity index is 903. The fraction of sp³-hybridized carbons (Fsp3) is 0.222. The minimum absolute atomic E-state index is 0.114. The highest BCUT2D eigenvalue weighted by molar-refractivity contribution is 7.90. The second-order valence-electron chi connectivity index (χ2n) is 5.95. The molecular formula is C18H18N2O4S. The minimum atomic E-state index is -3.29. The van der Waals surface area contributed by atoms with Gasteiger partial charge < -0.3 is 10.2 Å². The molecule has 0 unspecified atom stereocenters. The highest BCUT2D eigenvalue weighted by atomic mass is 32.2. The summed E-state index contributed by atoms with van der Waals surface area (Å²) in [6.07, 6.45) is 2.55. The number of nitrogens with zero attached hydrogens (tertiary/aromatic N) is 1. The first-order chi connectivity index (χ1) is 11.8. The number of sulfone groups is 1. The van der Waals surface area contributed by atoms with Crippen molar-refractivity contribution in [3.63, 3.8) is 0 Å². The summed E-state index contributed by atoms with van der Waals surface area (Å²) >= 11 is 0. The molecule has 6 nitrogen and oxygen atoms in total. The molecule has 1 aliphatic heterocycles. The number of carbonyl (C=O) groups is 2. The SMILES string of the molecule is CS(=O)(=O)c1ccc(C(=O)Nc2ccc(N3CCCC3=O)cc2)cc1. The van der Waals surface area contributed by atoms with Gasteiger partial charge in [-0.2, -0.15) is 0 Å². The van der Waals surface area contributed by atoms with Crippen LogP contribution in [0.2, 0.25) is 0 Å². The number of nitrogens with one attached hydrogen (secondary N) is 1. The zero-order valence-electron chi connectivity index (χ0n) is 13.7. The van der Waals surface area contributed by atoms with Crippen LogP contribution in [0.1, 0.15) is 23.2 Å². The van der Waals surface area contributed by atoms with Gasteiger partial charge in [0.2, 0.25) is 5.91 Å². The lowest BCUT2D eigenvalue weighted by Gasteiger charge is -2.16. The van der Waals surface area contributed by atoms with E-state index in [1.807, 2.05) is 0 Å². The maximum Gasteiger partial charge on any atom is 0.255 e. The molecule has 3 rings (SSSR count). The Morgan fingerprint density at radius 1 is 1.04 bits per heavy atom. The number of carbonyl (C=O) groups excluding carboxylic acids is 2. The fourth-order valence-electron chi connectivity index (χ4n) is 2.70. The fourth-order valence-corrected chi connectivity index (χ4v) is 3.33. The summed E-state index contributed by atoms with van der Waals surface area (Å²) in [4.78, 5) is 25.9. The molecule has 1 fully saturated rings. The molecule has 1 saturated heterocycles. The Balaban J connectivity index is 1.69. The van der Waals surface area contributed by atoms with Crippen LogP contribution >= 0.6 is 0 Å². The van der Waals surface area contributed by atoms with Crippen LogP contribution in [0.25, 0.3) is 0 Å². The molecule has 1 heterocycles. The molecule has 1 N–H and O–H groups in total. The average molecular weight is 358 g/mol. The maximum absolute atomic E-state index is 12.2. The Hall–Kier alpha value is -2.67. The van der Waals surface area contributed by atoms with Gasteiger partial charge in [0.1, 0.15) is 0 Å². The van der Waals surface area contributed by atoms with Crippen molar-refractivity contribution in [2.45, 2.75) is 17.7 Å². The van der Waals surface area contributed by atoms with Crippen molar-refractivity contribution in [1.29, 1.82) is 0 Å². The van der Waals surface area contributed by atoms with Crippen LogP contribution < -0.4 is 10.2 Å². The van der Waals surface area contributed by atoms with Crippen LogP contribution in [0.5, 0.6) is 0 Å². The molecule has 1 aliphatic rings. The quantitative estimate of drug-likeness (QED) is 0.910. The van der Waals surface area contributed by atoms with E-state index in [0.717, 1.165) is 24.9 Å². The molecule has 0 aromatic heterocycles. The highest BCUT2D eigenvalue weighted by Crippen LogP contribution is 2.23. The van der Waals surface area contributed by atoms with Crippen LogP contribution in [0.15, 0.2) is 53.4 Å². The van der Waals surface area contributed by atoms with E-state index in [1.54, 1.807) is 29.2 Å². The molecule has 2 aromatic carbocycles. The zero-order valence-corrected chi connectivity index (χ0v) is 14.5. The lowest BCUT2D eigenvalue weighted by atomic mass is 10.2. The van der Waals surface area contributed by atoms with E-state index in [1.165, 1.54) is 24.3 Å². The Kier molecular flexibility index (Phi) is 4.59. The summed E-state index contributed by atoms with van der Waals surface area (Å²) < 4.78 is 22.9. The van der Waals surface area contributed by atoms with E-state index >= 15 is 0 Å². The highest BCUT2D eigenvalue weighted by Gasteiger charge is 2.21. The normalized spacial score (nSPS) is 14.6. The van der Waals surface area contributed by atoms with Gasteiger partial charge in [0.25, 0.3) is 5.91 Å². The number of anilines is 2. The van der Waals surface area contributed by atoms with E-state index in [-0.39, 0.29) is 16.7 Å². The Labute approximate surface area is 146 Å². The van der Waals surface area contributed by atoms with E-state index in [4.69, 9.17) is 0 Å². The van der Waals surface area contributed by atoms with Gasteiger partial charge in [-0.05, 0) is 55.0 Å². The molecule has 2 amide bonds. The number of rotatable bonds is 4. The zero-order chi connectivity index (χ0) is 18.0. The molecule has 0 saturated carbocycles. The van der Waals surface area contributed by atoms with E-state index in [0.29, 0.717) is 17.7 Å². The van der Waals surface area contributed by atoms with Crippen LogP contribution in [0.4, 0.5) is 11.4 Å². The Morgan fingerprint density at radius 2 is 1.68 bits per heavy atom. The first kappa shape index (κ1) is 17.2. The summed E-state index contributed by atoms with van der Waals surface area (Å²) in [5, 5.41) is 2.75. The predicted octanol–water partition coefficient (Wildman–Crippen LogP) is 2.47. The van der Waals surface area contributed by atoms with Crippen molar-refractivity contribution in [1.82, 2.24) is 0 Å². The lowest BCUT2D eigenvalue weighted by molar-refractivity contribution is -0.117. The molecule has 0 atom stereocenters. The summed E-state index contributed by atoms with van der Waals surface area (Å²) in [7, 11) is -3.29. The molecule has 0 bridgehead atoms. The van der Waals surface area contributed by atoms with Crippen molar-refractivity contribution in [3.05, 3.63) is 54.1 Å². The first-order valence-electron chi connectivity index (χ1n) is 7.86. The number of amides is 2. The molecule has 7 heteroatoms. The molecule has 130 valence electrons. The topological polar surface area (TPSA) is 83.6 Å². The maximum atomic E-state index is 12.2. The standard InChI is InChI=1S/C18H18N2O4S/c1-25(23,24)16-10-4-13(5-11-16)18(22)19-14-6-8-15(9-7-14)20-12-2-3-17(20)21/h4-11H,2-3,12H2,1H3,(H,19,22). The second-order valence-corrected chi connectivity index (χ2v) is 7.96. The van der Waals surface area contributed by atoms with Gasteiger partial charge in [-0.3, -0.25) is 9.59 Å². The lowest BCUT2D eigenvalue weighted by Crippen LogP contribution is -2.23. The van der Waals surface area contributed by atoms with Crippen molar-refractivity contribution < 1.29 is 18.0 Å². The van der Waals surface area contributed by atoms with E-state index in [2.05, 4.69) is 5.32 Å². The van der Waals surface area contributed by atoms with Gasteiger partial charge in [0.15, 0.2) is 9.84 Å². The van der Waals surface area contributed by atoms with Gasteiger partial charge in [-0.15, -0.1) is 0 Å². The van der Waals surface area contributed by atoms with Crippen LogP contribution in [0.3, 0.4) is 0 Å². The third-order valence-electron chi connectivity index (χ3n) is 4.05. The molecule has 25 heavy (non-hydrogen) atoms. The molecule has 0 radical (unpaired) electrons. The number of hydrogen-bond donors (Lipinski definition) is 1.